The molecule has 7 aromatic rings. The van der Waals surface area contributed by atoms with Crippen LogP contribution in [0.1, 0.15) is 182 Å². The van der Waals surface area contributed by atoms with E-state index in [0.717, 1.165) is 59.7 Å². The van der Waals surface area contributed by atoms with Gasteiger partial charge < -0.3 is 19.1 Å². The van der Waals surface area contributed by atoms with E-state index >= 15 is 0 Å². The number of rotatable bonds is 5. The van der Waals surface area contributed by atoms with Gasteiger partial charge in [-0.1, -0.05) is 169 Å². The average Bonchev–Trinajstić information content (AvgIpc) is 3.52. The summed E-state index contributed by atoms with van der Waals surface area (Å²) in [6, 6.07) is 47.0. The monoisotopic (exact) mass is 1030 g/mol. The lowest BCUT2D eigenvalue weighted by molar-refractivity contribution is 0.122. The minimum Gasteiger partial charge on any atom is -0.468 e. The lowest BCUT2D eigenvalue weighted by Crippen LogP contribution is -2.57. The predicted octanol–water partition coefficient (Wildman–Crippen LogP) is 19.3. The van der Waals surface area contributed by atoms with E-state index in [1.54, 1.807) is 5.57 Å². The Hall–Kier alpha value is -6.20. The fourth-order valence-corrected chi connectivity index (χ4v) is 15.5. The molecule has 3 heterocycles. The molecule has 0 amide bonds. The molecule has 4 nitrogen and oxygen atoms in total. The highest BCUT2D eigenvalue weighted by Gasteiger charge is 2.54. The van der Waals surface area contributed by atoms with Gasteiger partial charge in [-0.05, 0) is 207 Å². The number of hydrogen-bond acceptors (Lipinski definition) is 4. The molecule has 2 aliphatic heterocycles. The maximum absolute atomic E-state index is 7.86. The first-order valence-electron chi connectivity index (χ1n) is 29.7. The van der Waals surface area contributed by atoms with Crippen LogP contribution in [-0.2, 0) is 27.1 Å². The zero-order valence-electron chi connectivity index (χ0n) is 50.0. The van der Waals surface area contributed by atoms with Crippen molar-refractivity contribution < 1.29 is 4.42 Å². The van der Waals surface area contributed by atoms with Crippen molar-refractivity contribution in [1.82, 2.24) is 0 Å². The summed E-state index contributed by atoms with van der Waals surface area (Å²) >= 11 is 0. The summed E-state index contributed by atoms with van der Waals surface area (Å²) in [4.78, 5) is 7.90. The van der Waals surface area contributed by atoms with Crippen LogP contribution in [0.2, 0.25) is 0 Å². The number of anilines is 8. The Labute approximate surface area is 468 Å². The van der Waals surface area contributed by atoms with Crippen molar-refractivity contribution >= 4 is 74.3 Å². The van der Waals surface area contributed by atoms with Crippen molar-refractivity contribution in [2.75, 3.05) is 14.7 Å². The lowest BCUT2D eigenvalue weighted by atomic mass is 9.32. The summed E-state index contributed by atoms with van der Waals surface area (Å²) in [7, 11) is 0. The van der Waals surface area contributed by atoms with E-state index in [-0.39, 0.29) is 44.6 Å². The van der Waals surface area contributed by atoms with Gasteiger partial charge in [0.1, 0.15) is 5.58 Å². The molecule has 6 aromatic carbocycles. The predicted molar refractivity (Wildman–Crippen MR) is 333 cm³/mol. The smallest absolute Gasteiger partial charge is 0.293 e. The first kappa shape index (κ1) is 51.3. The molecule has 1 aromatic heterocycles. The van der Waals surface area contributed by atoms with E-state index in [1.165, 1.54) is 97.4 Å². The summed E-state index contributed by atoms with van der Waals surface area (Å²) in [5.74, 6) is 0.395. The van der Waals surface area contributed by atoms with Crippen LogP contribution in [0.5, 0.6) is 0 Å². The number of para-hydroxylation sites is 2. The van der Waals surface area contributed by atoms with Crippen molar-refractivity contribution in [3.8, 4) is 0 Å². The molecular formula is C73H84BN3O. The van der Waals surface area contributed by atoms with Crippen LogP contribution in [-0.4, -0.2) is 6.71 Å². The molecule has 13 rings (SSSR count). The van der Waals surface area contributed by atoms with Crippen LogP contribution >= 0.6 is 0 Å². The number of benzene rings is 6. The van der Waals surface area contributed by atoms with Gasteiger partial charge in [-0.15, -0.1) is 0 Å². The quantitative estimate of drug-likeness (QED) is 0.160. The van der Waals surface area contributed by atoms with Gasteiger partial charge in [-0.3, -0.25) is 0 Å². The topological polar surface area (TPSA) is 22.9 Å². The molecule has 0 spiro atoms. The molecule has 6 aliphatic rings. The first-order chi connectivity index (χ1) is 36.7. The molecule has 4 aliphatic carbocycles. The molecule has 0 radical (unpaired) electrons. The number of allylic oxidation sites excluding steroid dienone is 3. The van der Waals surface area contributed by atoms with Crippen LogP contribution in [0.25, 0.3) is 11.0 Å². The SMILES string of the molecule is Cc1cc2c(cc1N1C3=C(CC4C(=C3)C(C)(C)CCC4(C)C)B3c4oc5cc6c(cc5c4N(c4ccc(C(C)(C)C)cc4)c4cc(N(c5ccccc5)c5ccccc5)cc1c43)C(C)(C)CCC6(C)C)C(C)(C)CCC2(C)C. The minimum atomic E-state index is -0.116. The summed E-state index contributed by atoms with van der Waals surface area (Å²) in [5, 5.41) is 1.21. The largest absolute Gasteiger partial charge is 0.468 e. The van der Waals surface area contributed by atoms with E-state index in [2.05, 4.69) is 253 Å². The van der Waals surface area contributed by atoms with Gasteiger partial charge in [0.25, 0.3) is 6.71 Å². The molecule has 0 N–H and O–H groups in total. The van der Waals surface area contributed by atoms with E-state index in [9.17, 15) is 0 Å². The van der Waals surface area contributed by atoms with Crippen molar-refractivity contribution in [2.45, 2.75) is 183 Å². The second-order valence-corrected chi connectivity index (χ2v) is 29.9. The van der Waals surface area contributed by atoms with Crippen molar-refractivity contribution in [1.29, 1.82) is 0 Å². The Morgan fingerprint density at radius 3 is 1.62 bits per heavy atom. The number of aryl methyl sites for hydroxylation is 1. The van der Waals surface area contributed by atoms with Gasteiger partial charge in [-0.25, -0.2) is 0 Å². The second-order valence-electron chi connectivity index (χ2n) is 29.9. The van der Waals surface area contributed by atoms with E-state index in [4.69, 9.17) is 4.42 Å². The average molecular weight is 1030 g/mol. The van der Waals surface area contributed by atoms with Crippen molar-refractivity contribution in [3.63, 3.8) is 0 Å². The summed E-state index contributed by atoms with van der Waals surface area (Å²) in [6.07, 6.45) is 10.7. The molecule has 1 fully saturated rings. The lowest BCUT2D eigenvalue weighted by Gasteiger charge is -2.53. The fraction of sp³-hybridized carbons (Fsp3) is 0.425. The van der Waals surface area contributed by atoms with Crippen LogP contribution in [0.4, 0.5) is 45.5 Å². The zero-order valence-corrected chi connectivity index (χ0v) is 50.0. The number of hydrogen-bond donors (Lipinski definition) is 0. The zero-order chi connectivity index (χ0) is 55.0. The normalized spacial score (nSPS) is 21.7. The van der Waals surface area contributed by atoms with Crippen molar-refractivity contribution in [3.05, 3.63) is 178 Å². The van der Waals surface area contributed by atoms with E-state index in [1.807, 2.05) is 0 Å². The Balaban J connectivity index is 1.21. The van der Waals surface area contributed by atoms with Crippen LogP contribution in [0.15, 0.2) is 149 Å². The summed E-state index contributed by atoms with van der Waals surface area (Å²) < 4.78 is 7.86. The van der Waals surface area contributed by atoms with Gasteiger partial charge in [0, 0.05) is 45.2 Å². The third kappa shape index (κ3) is 7.73. The maximum atomic E-state index is 7.86. The highest BCUT2D eigenvalue weighted by molar-refractivity contribution is 6.94. The molecule has 0 saturated heterocycles. The molecule has 0 bridgehead atoms. The number of furan rings is 1. The maximum Gasteiger partial charge on any atom is 0.293 e. The fourth-order valence-electron chi connectivity index (χ4n) is 15.5. The standard InChI is InChI=1S/C73H84BN3O/c1-45-37-52-55(71(11,12)34-31-68(52,5)6)42-59(45)77-60-43-56-54(70(9,10)33-35-72(56,13)14)41-58(60)74-64-61(38-50(39-62(64)77)75(47-23-19-17-20-24-47)48-25-21-18-22-26-48)76(49-29-27-46(28-30-49)67(2,3)4)65-51-40-53-57(44-63(51)78-66(65)74)73(15,16)36-32-69(53,7)8/h17-30,37-40,42-44,54H,31-36,41H2,1-16H3. The molecular weight excluding hydrogens is 946 g/mol. The van der Waals surface area contributed by atoms with E-state index in [0.29, 0.717) is 5.92 Å². The van der Waals surface area contributed by atoms with E-state index < -0.39 is 0 Å². The van der Waals surface area contributed by atoms with Crippen LogP contribution in [0, 0.1) is 23.7 Å². The van der Waals surface area contributed by atoms with Crippen molar-refractivity contribution in [2.24, 2.45) is 16.7 Å². The Morgan fingerprint density at radius 2 is 1.05 bits per heavy atom. The Bertz CT molecular complexity index is 3630. The Morgan fingerprint density at radius 1 is 0.538 bits per heavy atom. The third-order valence-corrected chi connectivity index (χ3v) is 20.9. The number of nitrogens with zero attached hydrogens (tertiary/aromatic N) is 3. The molecule has 1 atom stereocenters. The third-order valence-electron chi connectivity index (χ3n) is 20.9. The second kappa shape index (κ2) is 16.9. The molecule has 5 heteroatoms. The highest BCUT2D eigenvalue weighted by Crippen LogP contribution is 2.61. The van der Waals surface area contributed by atoms with Crippen LogP contribution in [0.3, 0.4) is 0 Å². The first-order valence-corrected chi connectivity index (χ1v) is 29.7. The molecule has 1 saturated carbocycles. The van der Waals surface area contributed by atoms with Gasteiger partial charge in [0.15, 0.2) is 0 Å². The van der Waals surface area contributed by atoms with Crippen LogP contribution < -0.4 is 25.8 Å². The minimum absolute atomic E-state index is 0.00384. The Kier molecular flexibility index (Phi) is 11.1. The molecule has 400 valence electrons. The summed E-state index contributed by atoms with van der Waals surface area (Å²) in [6.45, 7) is 39.2. The van der Waals surface area contributed by atoms with Gasteiger partial charge in [-0.2, -0.15) is 0 Å². The number of fused-ring (bicyclic) bond motifs is 8. The molecule has 78 heavy (non-hydrogen) atoms. The molecule has 1 unspecified atom stereocenters. The van der Waals surface area contributed by atoms with Gasteiger partial charge in [0.2, 0.25) is 0 Å². The highest BCUT2D eigenvalue weighted by atomic mass is 16.3. The summed E-state index contributed by atoms with van der Waals surface area (Å²) in [5.41, 5.74) is 26.1. The van der Waals surface area contributed by atoms with Gasteiger partial charge in [0.05, 0.1) is 17.0 Å². The van der Waals surface area contributed by atoms with Gasteiger partial charge >= 0.3 is 0 Å².